The average molecular weight is 416 g/mol. The molecule has 0 amide bonds. The maximum atomic E-state index is 5.51. The Kier molecular flexibility index (Phi) is 7.85. The van der Waals surface area contributed by atoms with Gasteiger partial charge in [0.15, 0.2) is 0 Å². The SMILES string of the molecule is CCCCCCCCc1ccccc1[O][BiH2]. The molecule has 0 heterocycles. The van der Waals surface area contributed by atoms with Gasteiger partial charge in [-0.1, -0.05) is 0 Å². The molecule has 0 aromatic heterocycles. The summed E-state index contributed by atoms with van der Waals surface area (Å²) in [7, 11) is 0. The second kappa shape index (κ2) is 8.99. The molecule has 1 aromatic rings. The summed E-state index contributed by atoms with van der Waals surface area (Å²) < 4.78 is 5.51. The summed E-state index contributed by atoms with van der Waals surface area (Å²) in [5.74, 6) is 1.11. The van der Waals surface area contributed by atoms with E-state index in [0.717, 1.165) is 5.75 Å². The van der Waals surface area contributed by atoms with Crippen LogP contribution in [-0.4, -0.2) is 25.2 Å². The van der Waals surface area contributed by atoms with E-state index >= 15 is 0 Å². The Bertz CT molecular complexity index is 286. The van der Waals surface area contributed by atoms with Crippen molar-refractivity contribution in [2.75, 3.05) is 0 Å². The third-order valence-electron chi connectivity index (χ3n) is 2.90. The van der Waals surface area contributed by atoms with E-state index in [1.807, 2.05) is 0 Å². The number of benzene rings is 1. The van der Waals surface area contributed by atoms with Gasteiger partial charge < -0.3 is 0 Å². The van der Waals surface area contributed by atoms with Crippen molar-refractivity contribution in [3.05, 3.63) is 29.8 Å². The van der Waals surface area contributed by atoms with Gasteiger partial charge in [-0.05, 0) is 0 Å². The molecule has 2 heteroatoms. The summed E-state index contributed by atoms with van der Waals surface area (Å²) in [6.45, 7) is 2.26. The Balaban J connectivity index is 2.21. The molecule has 0 bridgehead atoms. The summed E-state index contributed by atoms with van der Waals surface area (Å²) in [5, 5.41) is 0. The van der Waals surface area contributed by atoms with Crippen LogP contribution < -0.4 is 2.81 Å². The molecule has 0 atom stereocenters. The van der Waals surface area contributed by atoms with Gasteiger partial charge in [0.25, 0.3) is 0 Å². The number of para-hydroxylation sites is 1. The van der Waals surface area contributed by atoms with Crippen molar-refractivity contribution in [2.45, 2.75) is 51.9 Å². The van der Waals surface area contributed by atoms with Gasteiger partial charge >= 0.3 is 115 Å². The quantitative estimate of drug-likeness (QED) is 0.466. The molecule has 16 heavy (non-hydrogen) atoms. The topological polar surface area (TPSA) is 9.23 Å². The van der Waals surface area contributed by atoms with E-state index in [0.29, 0.717) is 25.2 Å². The Labute approximate surface area is 115 Å². The van der Waals surface area contributed by atoms with Gasteiger partial charge in [-0.15, -0.1) is 0 Å². The van der Waals surface area contributed by atoms with Crippen LogP contribution in [0.15, 0.2) is 24.3 Å². The van der Waals surface area contributed by atoms with Crippen molar-refractivity contribution in [3.63, 3.8) is 0 Å². The van der Waals surface area contributed by atoms with Gasteiger partial charge in [-0.2, -0.15) is 0 Å². The summed E-state index contributed by atoms with van der Waals surface area (Å²) in [5.41, 5.74) is 1.39. The third-order valence-corrected chi connectivity index (χ3v) is 3.89. The molecule has 1 nitrogen and oxygen atoms in total. The summed E-state index contributed by atoms with van der Waals surface area (Å²) in [4.78, 5) is 0. The normalized spacial score (nSPS) is 10.4. The predicted octanol–water partition coefficient (Wildman–Crippen LogP) is 3.52. The summed E-state index contributed by atoms with van der Waals surface area (Å²) >= 11 is 0.593. The molecule has 0 spiro atoms. The fourth-order valence-corrected chi connectivity index (χ4v) is 2.82. The summed E-state index contributed by atoms with van der Waals surface area (Å²) in [6, 6.07) is 8.46. The predicted molar refractivity (Wildman–Crippen MR) is 72.7 cm³/mol. The van der Waals surface area contributed by atoms with Gasteiger partial charge in [0.2, 0.25) is 0 Å². The molecule has 0 radical (unpaired) electrons. The van der Waals surface area contributed by atoms with Crippen LogP contribution in [0.2, 0.25) is 0 Å². The molecular formula is C14H23BiO. The molecule has 0 saturated heterocycles. The second-order valence-electron chi connectivity index (χ2n) is 4.24. The monoisotopic (exact) mass is 416 g/mol. The van der Waals surface area contributed by atoms with E-state index in [4.69, 9.17) is 2.81 Å². The Morgan fingerprint density at radius 3 is 2.44 bits per heavy atom. The molecule has 0 saturated carbocycles. The van der Waals surface area contributed by atoms with E-state index in [-0.39, 0.29) is 0 Å². The standard InChI is InChI=1S/C14H22O.Bi.2H/c1-2-3-4-5-6-7-10-13-11-8-9-12-14(13)15;;;/h8-9,11-12,15H,2-7,10H2,1H3;;;/q;+1;;/p-1. The van der Waals surface area contributed by atoms with Crippen LogP contribution in [0, 0.1) is 0 Å². The van der Waals surface area contributed by atoms with Crippen molar-refractivity contribution < 1.29 is 2.81 Å². The maximum absolute atomic E-state index is 5.51. The molecule has 90 valence electrons. The van der Waals surface area contributed by atoms with E-state index in [1.165, 1.54) is 50.5 Å². The van der Waals surface area contributed by atoms with Crippen LogP contribution in [0.4, 0.5) is 0 Å². The molecule has 1 rings (SSSR count). The first-order valence-corrected chi connectivity index (χ1v) is 8.16. The van der Waals surface area contributed by atoms with Crippen LogP contribution in [0.1, 0.15) is 51.0 Å². The Morgan fingerprint density at radius 2 is 1.69 bits per heavy atom. The molecule has 0 fully saturated rings. The number of rotatable bonds is 8. The number of hydrogen-bond acceptors (Lipinski definition) is 1. The van der Waals surface area contributed by atoms with E-state index < -0.39 is 0 Å². The van der Waals surface area contributed by atoms with Crippen molar-refractivity contribution in [2.24, 2.45) is 0 Å². The van der Waals surface area contributed by atoms with Crippen LogP contribution in [0.3, 0.4) is 0 Å². The fraction of sp³-hybridized carbons (Fsp3) is 0.571. The van der Waals surface area contributed by atoms with Gasteiger partial charge in [-0.3, -0.25) is 0 Å². The fourth-order valence-electron chi connectivity index (χ4n) is 1.92. The van der Waals surface area contributed by atoms with Gasteiger partial charge in [0.1, 0.15) is 0 Å². The van der Waals surface area contributed by atoms with Gasteiger partial charge in [0, 0.05) is 0 Å². The first-order chi connectivity index (χ1) is 7.88. The number of aryl methyl sites for hydroxylation is 1. The van der Waals surface area contributed by atoms with E-state index in [1.54, 1.807) is 0 Å². The van der Waals surface area contributed by atoms with Gasteiger partial charge in [-0.25, -0.2) is 0 Å². The van der Waals surface area contributed by atoms with Crippen LogP contribution in [-0.2, 0) is 6.42 Å². The van der Waals surface area contributed by atoms with Crippen molar-refractivity contribution in [1.82, 2.24) is 0 Å². The summed E-state index contributed by atoms with van der Waals surface area (Å²) in [6.07, 6.45) is 9.34. The van der Waals surface area contributed by atoms with Crippen LogP contribution >= 0.6 is 0 Å². The van der Waals surface area contributed by atoms with Crippen molar-refractivity contribution in [3.8, 4) is 5.75 Å². The zero-order valence-corrected chi connectivity index (χ0v) is 14.7. The van der Waals surface area contributed by atoms with Crippen molar-refractivity contribution in [1.29, 1.82) is 0 Å². The minimum atomic E-state index is 0.593. The first-order valence-electron chi connectivity index (χ1n) is 6.33. The minimum absolute atomic E-state index is 0.593. The van der Waals surface area contributed by atoms with E-state index in [9.17, 15) is 0 Å². The zero-order valence-electron chi connectivity index (χ0n) is 10.2. The molecule has 1 aromatic carbocycles. The van der Waals surface area contributed by atoms with Crippen LogP contribution in [0.5, 0.6) is 5.75 Å². The Morgan fingerprint density at radius 1 is 1.00 bits per heavy atom. The molecule has 0 N–H and O–H groups in total. The number of unbranched alkanes of at least 4 members (excludes halogenated alkanes) is 5. The third kappa shape index (κ3) is 5.30. The number of hydrogen-bond donors (Lipinski definition) is 0. The van der Waals surface area contributed by atoms with Crippen LogP contribution in [0.25, 0.3) is 0 Å². The van der Waals surface area contributed by atoms with E-state index in [2.05, 4.69) is 31.2 Å². The van der Waals surface area contributed by atoms with Gasteiger partial charge in [0.05, 0.1) is 0 Å². The Hall–Kier alpha value is -0.0969. The zero-order chi connectivity index (χ0) is 11.6. The molecule has 0 aliphatic rings. The molecule has 0 aliphatic heterocycles. The molecular weight excluding hydrogens is 393 g/mol. The molecule has 0 unspecified atom stereocenters. The average Bonchev–Trinajstić information content (AvgIpc) is 2.34. The van der Waals surface area contributed by atoms with Crippen molar-refractivity contribution >= 4 is 25.2 Å². The molecule has 0 aliphatic carbocycles. The first kappa shape index (κ1) is 14.0. The second-order valence-corrected chi connectivity index (χ2v) is 5.16.